The summed E-state index contributed by atoms with van der Waals surface area (Å²) >= 11 is 3.39. The number of nitrogens with zero attached hydrogens (tertiary/aromatic N) is 2. The Morgan fingerprint density at radius 2 is 2.31 bits per heavy atom. The first-order valence-electron chi connectivity index (χ1n) is 5.06. The Bertz CT molecular complexity index is 484. The van der Waals surface area contributed by atoms with E-state index in [1.807, 2.05) is 31.2 Å². The van der Waals surface area contributed by atoms with Gasteiger partial charge in [0, 0.05) is 10.0 Å². The highest BCUT2D eigenvalue weighted by Crippen LogP contribution is 2.22. The molecule has 0 saturated carbocycles. The van der Waals surface area contributed by atoms with E-state index in [2.05, 4.69) is 26.1 Å². The van der Waals surface area contributed by atoms with Gasteiger partial charge in [0.1, 0.15) is 0 Å². The molecule has 4 nitrogen and oxygen atoms in total. The van der Waals surface area contributed by atoms with Crippen molar-refractivity contribution in [1.82, 2.24) is 10.1 Å². The first-order valence-corrected chi connectivity index (χ1v) is 5.85. The Hall–Kier alpha value is -1.20. The molecular weight excluding hydrogens is 270 g/mol. The molecule has 1 aromatic heterocycles. The molecule has 16 heavy (non-hydrogen) atoms. The van der Waals surface area contributed by atoms with Crippen molar-refractivity contribution in [3.05, 3.63) is 34.6 Å². The van der Waals surface area contributed by atoms with Gasteiger partial charge in [-0.2, -0.15) is 4.98 Å². The summed E-state index contributed by atoms with van der Waals surface area (Å²) in [6, 6.07) is 7.54. The summed E-state index contributed by atoms with van der Waals surface area (Å²) in [5, 5.41) is 3.87. The summed E-state index contributed by atoms with van der Waals surface area (Å²) in [4.78, 5) is 4.27. The van der Waals surface area contributed by atoms with Crippen molar-refractivity contribution in [2.45, 2.75) is 19.4 Å². The van der Waals surface area contributed by atoms with Crippen molar-refractivity contribution >= 4 is 15.9 Å². The van der Waals surface area contributed by atoms with Gasteiger partial charge in [-0.25, -0.2) is 0 Å². The molecule has 2 N–H and O–H groups in total. The number of nitrogens with two attached hydrogens (primary N) is 1. The third kappa shape index (κ3) is 2.31. The third-order valence-corrected chi connectivity index (χ3v) is 2.78. The highest BCUT2D eigenvalue weighted by atomic mass is 79.9. The number of benzene rings is 1. The average Bonchev–Trinajstić information content (AvgIpc) is 2.77. The lowest BCUT2D eigenvalue weighted by Gasteiger charge is -1.99. The summed E-state index contributed by atoms with van der Waals surface area (Å²) in [6.45, 7) is 1.99. The molecule has 0 spiro atoms. The fourth-order valence-electron chi connectivity index (χ4n) is 1.31. The van der Waals surface area contributed by atoms with Crippen LogP contribution in [0.25, 0.3) is 11.5 Å². The van der Waals surface area contributed by atoms with Crippen LogP contribution in [0.3, 0.4) is 0 Å². The second-order valence-electron chi connectivity index (χ2n) is 3.48. The lowest BCUT2D eigenvalue weighted by molar-refractivity contribution is 0.415. The van der Waals surface area contributed by atoms with Crippen LogP contribution in [0, 0.1) is 0 Å². The van der Waals surface area contributed by atoms with Crippen molar-refractivity contribution < 1.29 is 4.52 Å². The molecule has 2 aromatic rings. The van der Waals surface area contributed by atoms with E-state index < -0.39 is 0 Å². The zero-order valence-electron chi connectivity index (χ0n) is 8.85. The fraction of sp³-hybridized carbons (Fsp3) is 0.273. The Morgan fingerprint density at radius 3 is 3.00 bits per heavy atom. The summed E-state index contributed by atoms with van der Waals surface area (Å²) in [5.41, 5.74) is 6.71. The maximum absolute atomic E-state index is 5.82. The van der Waals surface area contributed by atoms with Gasteiger partial charge < -0.3 is 10.3 Å². The minimum atomic E-state index is -0.162. The van der Waals surface area contributed by atoms with Crippen molar-refractivity contribution in [2.75, 3.05) is 0 Å². The molecule has 0 aliphatic carbocycles. The minimum absolute atomic E-state index is 0.162. The molecule has 1 atom stereocenters. The highest BCUT2D eigenvalue weighted by molar-refractivity contribution is 9.10. The van der Waals surface area contributed by atoms with E-state index in [1.165, 1.54) is 0 Å². The van der Waals surface area contributed by atoms with E-state index in [1.54, 1.807) is 0 Å². The molecule has 0 aliphatic rings. The minimum Gasteiger partial charge on any atom is -0.334 e. The molecule has 0 bridgehead atoms. The van der Waals surface area contributed by atoms with Crippen LogP contribution < -0.4 is 5.73 Å². The topological polar surface area (TPSA) is 64.9 Å². The smallest absolute Gasteiger partial charge is 0.258 e. The van der Waals surface area contributed by atoms with E-state index in [-0.39, 0.29) is 6.04 Å². The maximum Gasteiger partial charge on any atom is 0.258 e. The zero-order chi connectivity index (χ0) is 11.5. The summed E-state index contributed by atoms with van der Waals surface area (Å²) in [5.74, 6) is 1.05. The van der Waals surface area contributed by atoms with Crippen LogP contribution in [0.15, 0.2) is 33.3 Å². The third-order valence-electron chi connectivity index (χ3n) is 2.28. The van der Waals surface area contributed by atoms with Crippen LogP contribution in [-0.4, -0.2) is 10.1 Å². The monoisotopic (exact) mass is 281 g/mol. The molecule has 0 aliphatic heterocycles. The summed E-state index contributed by atoms with van der Waals surface area (Å²) < 4.78 is 6.14. The van der Waals surface area contributed by atoms with Gasteiger partial charge in [0.05, 0.1) is 6.04 Å². The lowest BCUT2D eigenvalue weighted by atomic mass is 10.2. The van der Waals surface area contributed by atoms with E-state index >= 15 is 0 Å². The molecule has 0 radical (unpaired) electrons. The molecule has 0 amide bonds. The number of rotatable bonds is 3. The van der Waals surface area contributed by atoms with Crippen LogP contribution in [0.5, 0.6) is 0 Å². The second kappa shape index (κ2) is 4.76. The molecule has 0 saturated heterocycles. The van der Waals surface area contributed by atoms with Crippen LogP contribution >= 0.6 is 15.9 Å². The van der Waals surface area contributed by atoms with E-state index in [0.29, 0.717) is 11.7 Å². The predicted octanol–water partition coefficient (Wildman–Crippen LogP) is 2.91. The predicted molar refractivity (Wildman–Crippen MR) is 64.7 cm³/mol. The van der Waals surface area contributed by atoms with Crippen LogP contribution in [0.4, 0.5) is 0 Å². The molecule has 0 fully saturated rings. The van der Waals surface area contributed by atoms with E-state index in [4.69, 9.17) is 10.3 Å². The number of halogens is 1. The Labute approximate surface area is 102 Å². The van der Waals surface area contributed by atoms with Crippen LogP contribution in [0.1, 0.15) is 25.2 Å². The van der Waals surface area contributed by atoms with Gasteiger partial charge in [0.15, 0.2) is 5.82 Å². The van der Waals surface area contributed by atoms with Gasteiger partial charge >= 0.3 is 0 Å². The van der Waals surface area contributed by atoms with Gasteiger partial charge in [-0.15, -0.1) is 0 Å². The molecule has 84 valence electrons. The average molecular weight is 282 g/mol. The maximum atomic E-state index is 5.82. The standard InChI is InChI=1S/C11H12BrN3O/c1-2-9(13)10-14-11(16-15-10)7-4-3-5-8(12)6-7/h3-6,9H,2,13H2,1H3. The van der Waals surface area contributed by atoms with Gasteiger partial charge in [-0.1, -0.05) is 34.1 Å². The van der Waals surface area contributed by atoms with Crippen LogP contribution in [-0.2, 0) is 0 Å². The second-order valence-corrected chi connectivity index (χ2v) is 4.40. The van der Waals surface area contributed by atoms with Crippen molar-refractivity contribution in [3.8, 4) is 11.5 Å². The SMILES string of the molecule is CCC(N)c1noc(-c2cccc(Br)c2)n1. The summed E-state index contributed by atoms with van der Waals surface area (Å²) in [7, 11) is 0. The largest absolute Gasteiger partial charge is 0.334 e. The van der Waals surface area contributed by atoms with Gasteiger partial charge in [0.25, 0.3) is 5.89 Å². The van der Waals surface area contributed by atoms with Crippen molar-refractivity contribution in [1.29, 1.82) is 0 Å². The molecule has 1 aromatic carbocycles. The Kier molecular flexibility index (Phi) is 3.36. The molecule has 5 heteroatoms. The molecule has 2 rings (SSSR count). The van der Waals surface area contributed by atoms with E-state index in [0.717, 1.165) is 16.5 Å². The number of aromatic nitrogens is 2. The van der Waals surface area contributed by atoms with Gasteiger partial charge in [0.2, 0.25) is 0 Å². The first kappa shape index (κ1) is 11.3. The Balaban J connectivity index is 2.31. The van der Waals surface area contributed by atoms with Gasteiger partial charge in [-0.05, 0) is 24.6 Å². The first-order chi connectivity index (χ1) is 7.70. The van der Waals surface area contributed by atoms with Gasteiger partial charge in [-0.3, -0.25) is 0 Å². The fourth-order valence-corrected chi connectivity index (χ4v) is 1.71. The number of hydrogen-bond donors (Lipinski definition) is 1. The number of hydrogen-bond acceptors (Lipinski definition) is 4. The van der Waals surface area contributed by atoms with E-state index in [9.17, 15) is 0 Å². The lowest BCUT2D eigenvalue weighted by Crippen LogP contribution is -2.10. The normalized spacial score (nSPS) is 12.7. The zero-order valence-corrected chi connectivity index (χ0v) is 10.4. The Morgan fingerprint density at radius 1 is 1.50 bits per heavy atom. The molecule has 1 heterocycles. The molecular formula is C11H12BrN3O. The quantitative estimate of drug-likeness (QED) is 0.940. The van der Waals surface area contributed by atoms with Crippen LogP contribution in [0.2, 0.25) is 0 Å². The summed E-state index contributed by atoms with van der Waals surface area (Å²) in [6.07, 6.45) is 0.789. The highest BCUT2D eigenvalue weighted by Gasteiger charge is 2.13. The van der Waals surface area contributed by atoms with Crippen molar-refractivity contribution in [2.24, 2.45) is 5.73 Å². The van der Waals surface area contributed by atoms with Crippen molar-refractivity contribution in [3.63, 3.8) is 0 Å². The molecule has 1 unspecified atom stereocenters.